The van der Waals surface area contributed by atoms with Crippen molar-refractivity contribution in [3.63, 3.8) is 0 Å². The number of halogens is 1. The number of anilines is 1. The van der Waals surface area contributed by atoms with E-state index in [2.05, 4.69) is 10.3 Å². The van der Waals surface area contributed by atoms with Crippen LogP contribution in [0.2, 0.25) is 5.02 Å². The first kappa shape index (κ1) is 14.5. The number of aromatic carboxylic acids is 1. The first-order valence-corrected chi connectivity index (χ1v) is 7.00. The molecule has 0 atom stereocenters. The van der Waals surface area contributed by atoms with Crippen LogP contribution in [0.4, 0.5) is 5.13 Å². The lowest BCUT2D eigenvalue weighted by atomic mass is 10.2. The summed E-state index contributed by atoms with van der Waals surface area (Å²) >= 11 is 6.76. The molecule has 0 aliphatic rings. The molecule has 7 heteroatoms. The number of aryl methyl sites for hydroxylation is 1. The molecule has 0 radical (unpaired) electrons. The molecule has 1 amide bonds. The van der Waals surface area contributed by atoms with Crippen molar-refractivity contribution in [3.8, 4) is 0 Å². The number of amides is 1. The van der Waals surface area contributed by atoms with Gasteiger partial charge in [-0.1, -0.05) is 35.9 Å². The lowest BCUT2D eigenvalue weighted by Gasteiger charge is -2.01. The molecule has 0 saturated heterocycles. The van der Waals surface area contributed by atoms with Crippen molar-refractivity contribution in [1.29, 1.82) is 0 Å². The Bertz CT molecular complexity index is 669. The number of carboxylic acid groups (broad SMARTS) is 1. The Morgan fingerprint density at radius 3 is 2.75 bits per heavy atom. The SMILES string of the molecule is CCc1nc(NC(=O)c2cccc(Cl)c2)sc1C(=O)O. The van der Waals surface area contributed by atoms with Crippen LogP contribution in [-0.4, -0.2) is 22.0 Å². The summed E-state index contributed by atoms with van der Waals surface area (Å²) in [6.07, 6.45) is 0.491. The van der Waals surface area contributed by atoms with Gasteiger partial charge in [0.15, 0.2) is 5.13 Å². The fourth-order valence-electron chi connectivity index (χ4n) is 1.61. The summed E-state index contributed by atoms with van der Waals surface area (Å²) in [7, 11) is 0. The van der Waals surface area contributed by atoms with Crippen LogP contribution in [0.25, 0.3) is 0 Å². The van der Waals surface area contributed by atoms with E-state index >= 15 is 0 Å². The van der Waals surface area contributed by atoms with Crippen molar-refractivity contribution in [2.75, 3.05) is 5.32 Å². The summed E-state index contributed by atoms with van der Waals surface area (Å²) in [6.45, 7) is 1.81. The predicted octanol–water partition coefficient (Wildman–Crippen LogP) is 3.31. The molecule has 0 fully saturated rings. The molecule has 0 aliphatic carbocycles. The molecule has 0 spiro atoms. The monoisotopic (exact) mass is 310 g/mol. The molecule has 0 aliphatic heterocycles. The van der Waals surface area contributed by atoms with E-state index in [1.165, 1.54) is 6.07 Å². The zero-order valence-electron chi connectivity index (χ0n) is 10.5. The standard InChI is InChI=1S/C13H11ClN2O3S/c1-2-9-10(12(18)19)20-13(15-9)16-11(17)7-4-3-5-8(14)6-7/h3-6H,2H2,1H3,(H,18,19)(H,15,16,17). The van der Waals surface area contributed by atoms with Gasteiger partial charge in [0, 0.05) is 10.6 Å². The first-order chi connectivity index (χ1) is 9.51. The lowest BCUT2D eigenvalue weighted by Crippen LogP contribution is -2.11. The minimum Gasteiger partial charge on any atom is -0.477 e. The summed E-state index contributed by atoms with van der Waals surface area (Å²) < 4.78 is 0. The number of aromatic nitrogens is 1. The molecule has 0 saturated carbocycles. The van der Waals surface area contributed by atoms with E-state index in [1.54, 1.807) is 18.2 Å². The minimum atomic E-state index is -1.04. The van der Waals surface area contributed by atoms with E-state index in [4.69, 9.17) is 16.7 Å². The number of hydrogen-bond acceptors (Lipinski definition) is 4. The number of benzene rings is 1. The average molecular weight is 311 g/mol. The van der Waals surface area contributed by atoms with Crippen LogP contribution in [-0.2, 0) is 6.42 Å². The molecule has 0 unspecified atom stereocenters. The smallest absolute Gasteiger partial charge is 0.347 e. The summed E-state index contributed by atoms with van der Waals surface area (Å²) in [5.41, 5.74) is 0.853. The van der Waals surface area contributed by atoms with E-state index in [-0.39, 0.29) is 15.9 Å². The van der Waals surface area contributed by atoms with Gasteiger partial charge in [-0.05, 0) is 24.6 Å². The molecule has 20 heavy (non-hydrogen) atoms. The normalized spacial score (nSPS) is 10.3. The second-order valence-corrected chi connectivity index (χ2v) is 5.35. The van der Waals surface area contributed by atoms with E-state index in [0.717, 1.165) is 11.3 Å². The van der Waals surface area contributed by atoms with Gasteiger partial charge in [-0.3, -0.25) is 10.1 Å². The topological polar surface area (TPSA) is 79.3 Å². The Morgan fingerprint density at radius 2 is 2.20 bits per heavy atom. The van der Waals surface area contributed by atoms with Gasteiger partial charge in [0.1, 0.15) is 4.88 Å². The molecule has 1 aromatic heterocycles. The molecule has 104 valence electrons. The Balaban J connectivity index is 2.22. The molecular weight excluding hydrogens is 300 g/mol. The molecule has 2 N–H and O–H groups in total. The number of carbonyl (C=O) groups is 2. The number of carboxylic acids is 1. The number of thiazole rings is 1. The first-order valence-electron chi connectivity index (χ1n) is 5.81. The number of rotatable bonds is 4. The van der Waals surface area contributed by atoms with Crippen molar-refractivity contribution in [1.82, 2.24) is 4.98 Å². The van der Waals surface area contributed by atoms with Gasteiger partial charge < -0.3 is 5.11 Å². The summed E-state index contributed by atoms with van der Waals surface area (Å²) in [6, 6.07) is 6.48. The second kappa shape index (κ2) is 6.02. The van der Waals surface area contributed by atoms with Crippen LogP contribution in [0.3, 0.4) is 0 Å². The third-order valence-corrected chi connectivity index (χ3v) is 3.77. The number of nitrogens with zero attached hydrogens (tertiary/aromatic N) is 1. The van der Waals surface area contributed by atoms with Gasteiger partial charge in [-0.25, -0.2) is 9.78 Å². The van der Waals surface area contributed by atoms with Gasteiger partial charge in [-0.15, -0.1) is 0 Å². The van der Waals surface area contributed by atoms with E-state index in [1.807, 2.05) is 6.92 Å². The van der Waals surface area contributed by atoms with E-state index in [0.29, 0.717) is 22.7 Å². The molecule has 5 nitrogen and oxygen atoms in total. The zero-order chi connectivity index (χ0) is 14.7. The molecule has 0 bridgehead atoms. The molecular formula is C13H11ClN2O3S. The van der Waals surface area contributed by atoms with E-state index < -0.39 is 5.97 Å². The zero-order valence-corrected chi connectivity index (χ0v) is 12.1. The maximum absolute atomic E-state index is 12.0. The van der Waals surface area contributed by atoms with Gasteiger partial charge in [-0.2, -0.15) is 0 Å². The largest absolute Gasteiger partial charge is 0.477 e. The predicted molar refractivity (Wildman–Crippen MR) is 77.9 cm³/mol. The maximum atomic E-state index is 12.0. The molecule has 2 rings (SSSR count). The quantitative estimate of drug-likeness (QED) is 0.908. The van der Waals surface area contributed by atoms with Gasteiger partial charge >= 0.3 is 5.97 Å². The number of nitrogens with one attached hydrogen (secondary N) is 1. The van der Waals surface area contributed by atoms with Crippen molar-refractivity contribution in [2.24, 2.45) is 0 Å². The average Bonchev–Trinajstić information content (AvgIpc) is 2.82. The highest BCUT2D eigenvalue weighted by atomic mass is 35.5. The van der Waals surface area contributed by atoms with Crippen molar-refractivity contribution in [3.05, 3.63) is 45.4 Å². The van der Waals surface area contributed by atoms with Crippen molar-refractivity contribution < 1.29 is 14.7 Å². The van der Waals surface area contributed by atoms with Crippen LogP contribution in [0.5, 0.6) is 0 Å². The number of carbonyl (C=O) groups excluding carboxylic acids is 1. The third-order valence-electron chi connectivity index (χ3n) is 2.53. The summed E-state index contributed by atoms with van der Waals surface area (Å²) in [5, 5.41) is 12.3. The maximum Gasteiger partial charge on any atom is 0.347 e. The minimum absolute atomic E-state index is 0.147. The van der Waals surface area contributed by atoms with Crippen molar-refractivity contribution in [2.45, 2.75) is 13.3 Å². The highest BCUT2D eigenvalue weighted by Crippen LogP contribution is 2.24. The molecule has 1 heterocycles. The highest BCUT2D eigenvalue weighted by molar-refractivity contribution is 7.17. The van der Waals surface area contributed by atoms with Crippen molar-refractivity contribution >= 4 is 39.9 Å². The molecule has 1 aromatic carbocycles. The Hall–Kier alpha value is -1.92. The molecule has 2 aromatic rings. The van der Waals surface area contributed by atoms with Crippen LogP contribution >= 0.6 is 22.9 Å². The Kier molecular flexibility index (Phi) is 4.36. The fourth-order valence-corrected chi connectivity index (χ4v) is 2.69. The van der Waals surface area contributed by atoms with Crippen LogP contribution in [0, 0.1) is 0 Å². The van der Waals surface area contributed by atoms with E-state index in [9.17, 15) is 9.59 Å². The third kappa shape index (κ3) is 3.15. The fraction of sp³-hybridized carbons (Fsp3) is 0.154. The van der Waals surface area contributed by atoms with Gasteiger partial charge in [0.05, 0.1) is 5.69 Å². The second-order valence-electron chi connectivity index (χ2n) is 3.92. The summed E-state index contributed by atoms with van der Waals surface area (Å²) in [4.78, 5) is 27.3. The highest BCUT2D eigenvalue weighted by Gasteiger charge is 2.17. The van der Waals surface area contributed by atoms with Crippen LogP contribution < -0.4 is 5.32 Å². The lowest BCUT2D eigenvalue weighted by molar-refractivity contribution is 0.0700. The van der Waals surface area contributed by atoms with Gasteiger partial charge in [0.2, 0.25) is 0 Å². The Labute approximate surface area is 124 Å². The van der Waals surface area contributed by atoms with Gasteiger partial charge in [0.25, 0.3) is 5.91 Å². The van der Waals surface area contributed by atoms with Crippen LogP contribution in [0.15, 0.2) is 24.3 Å². The summed E-state index contributed by atoms with van der Waals surface area (Å²) in [5.74, 6) is -1.41. The van der Waals surface area contributed by atoms with Crippen LogP contribution in [0.1, 0.15) is 32.6 Å². The Morgan fingerprint density at radius 1 is 1.45 bits per heavy atom. The number of hydrogen-bond donors (Lipinski definition) is 2.